The number of rotatable bonds is 5. The average molecular weight is 315 g/mol. The maximum Gasteiger partial charge on any atom is 0.226 e. The topological polar surface area (TPSA) is 65.4 Å². The summed E-state index contributed by atoms with van der Waals surface area (Å²) in [5.41, 5.74) is 0.455. The number of anilines is 1. The minimum atomic E-state index is -0.217. The van der Waals surface area contributed by atoms with E-state index in [-0.39, 0.29) is 11.4 Å². The summed E-state index contributed by atoms with van der Waals surface area (Å²) < 4.78 is 12.6. The van der Waals surface area contributed by atoms with E-state index in [1.165, 1.54) is 0 Å². The molecule has 0 aliphatic carbocycles. The summed E-state index contributed by atoms with van der Waals surface area (Å²) in [6.07, 6.45) is 7.72. The van der Waals surface area contributed by atoms with Gasteiger partial charge >= 0.3 is 0 Å². The first-order chi connectivity index (χ1) is 11.2. The molecule has 122 valence electrons. The average Bonchev–Trinajstić information content (AvgIpc) is 3.11. The van der Waals surface area contributed by atoms with Crippen LogP contribution in [-0.2, 0) is 15.1 Å². The molecule has 2 aromatic rings. The lowest BCUT2D eigenvalue weighted by atomic mass is 9.86. The second-order valence-corrected chi connectivity index (χ2v) is 5.74. The van der Waals surface area contributed by atoms with Crippen LogP contribution in [-0.4, -0.2) is 35.8 Å². The highest BCUT2D eigenvalue weighted by Crippen LogP contribution is 2.33. The van der Waals surface area contributed by atoms with Crippen molar-refractivity contribution >= 4 is 11.6 Å². The van der Waals surface area contributed by atoms with Crippen LogP contribution >= 0.6 is 0 Å². The lowest BCUT2D eigenvalue weighted by Crippen LogP contribution is -2.42. The highest BCUT2D eigenvalue weighted by molar-refractivity contribution is 5.91. The van der Waals surface area contributed by atoms with E-state index in [0.29, 0.717) is 31.2 Å². The van der Waals surface area contributed by atoms with E-state index >= 15 is 0 Å². The summed E-state index contributed by atoms with van der Waals surface area (Å²) in [6.45, 7) is 1.35. The van der Waals surface area contributed by atoms with Crippen LogP contribution < -0.4 is 10.1 Å². The normalized spacial score (nSPS) is 16.7. The molecule has 1 amide bonds. The Morgan fingerprint density at radius 2 is 2.09 bits per heavy atom. The molecule has 6 nitrogen and oxygen atoms in total. The first kappa shape index (κ1) is 15.6. The van der Waals surface area contributed by atoms with Crippen molar-refractivity contribution in [2.75, 3.05) is 25.6 Å². The van der Waals surface area contributed by atoms with E-state index in [1.54, 1.807) is 25.4 Å². The maximum absolute atomic E-state index is 12.5. The molecule has 0 unspecified atom stereocenters. The molecule has 6 heteroatoms. The van der Waals surface area contributed by atoms with Crippen molar-refractivity contribution in [3.8, 4) is 5.88 Å². The van der Waals surface area contributed by atoms with Gasteiger partial charge in [-0.1, -0.05) is 0 Å². The second-order valence-electron chi connectivity index (χ2n) is 5.74. The number of nitrogens with zero attached hydrogens (tertiary/aromatic N) is 2. The summed E-state index contributed by atoms with van der Waals surface area (Å²) in [5, 5.41) is 2.92. The van der Waals surface area contributed by atoms with Gasteiger partial charge in [-0.25, -0.2) is 4.98 Å². The van der Waals surface area contributed by atoms with Crippen molar-refractivity contribution in [3.05, 3.63) is 42.9 Å². The van der Waals surface area contributed by atoms with E-state index in [0.717, 1.165) is 12.8 Å². The molecule has 3 heterocycles. The van der Waals surface area contributed by atoms with Crippen molar-refractivity contribution in [1.82, 2.24) is 9.55 Å². The van der Waals surface area contributed by atoms with Crippen LogP contribution in [0.3, 0.4) is 0 Å². The fourth-order valence-corrected chi connectivity index (χ4v) is 3.01. The van der Waals surface area contributed by atoms with Gasteiger partial charge in [0.05, 0.1) is 31.0 Å². The van der Waals surface area contributed by atoms with Gasteiger partial charge in [0.1, 0.15) is 0 Å². The van der Waals surface area contributed by atoms with Crippen LogP contribution in [0.1, 0.15) is 19.3 Å². The van der Waals surface area contributed by atoms with E-state index in [1.807, 2.05) is 24.5 Å². The quantitative estimate of drug-likeness (QED) is 0.920. The Balaban J connectivity index is 1.70. The van der Waals surface area contributed by atoms with Crippen molar-refractivity contribution < 1.29 is 14.3 Å². The highest BCUT2D eigenvalue weighted by Gasteiger charge is 2.36. The number of hydrogen-bond donors (Lipinski definition) is 1. The number of amides is 1. The van der Waals surface area contributed by atoms with Crippen molar-refractivity contribution in [3.63, 3.8) is 0 Å². The summed E-state index contributed by atoms with van der Waals surface area (Å²) >= 11 is 0. The zero-order valence-electron chi connectivity index (χ0n) is 13.2. The number of methoxy groups -OCH3 is 1. The predicted molar refractivity (Wildman–Crippen MR) is 86.5 cm³/mol. The minimum absolute atomic E-state index is 0.0208. The molecule has 0 aromatic carbocycles. The standard InChI is InChI=1S/C17H21N3O3/c1-22-16-5-4-14(13-18-16)19-15(21)12-17(6-10-23-11-7-17)20-8-2-3-9-20/h2-5,8-9,13H,6-7,10-12H2,1H3,(H,19,21). The number of carbonyl (C=O) groups is 1. The molecule has 1 aliphatic heterocycles. The minimum Gasteiger partial charge on any atom is -0.481 e. The molecule has 1 saturated heterocycles. The molecule has 0 spiro atoms. The summed E-state index contributed by atoms with van der Waals surface area (Å²) in [4.78, 5) is 16.6. The third kappa shape index (κ3) is 3.53. The lowest BCUT2D eigenvalue weighted by Gasteiger charge is -2.38. The van der Waals surface area contributed by atoms with Gasteiger partial charge in [0, 0.05) is 31.7 Å². The van der Waals surface area contributed by atoms with Crippen molar-refractivity contribution in [2.45, 2.75) is 24.8 Å². The van der Waals surface area contributed by atoms with Gasteiger partial charge in [-0.15, -0.1) is 0 Å². The maximum atomic E-state index is 12.5. The van der Waals surface area contributed by atoms with Gasteiger partial charge in [-0.05, 0) is 31.0 Å². The molecule has 0 atom stereocenters. The van der Waals surface area contributed by atoms with Crippen molar-refractivity contribution in [2.24, 2.45) is 0 Å². The van der Waals surface area contributed by atoms with Crippen LogP contribution in [0.25, 0.3) is 0 Å². The van der Waals surface area contributed by atoms with Crippen molar-refractivity contribution in [1.29, 1.82) is 0 Å². The molecule has 0 radical (unpaired) electrons. The van der Waals surface area contributed by atoms with Crippen LogP contribution in [0.15, 0.2) is 42.9 Å². The van der Waals surface area contributed by atoms with Gasteiger partial charge in [0.2, 0.25) is 11.8 Å². The van der Waals surface area contributed by atoms with E-state index in [2.05, 4.69) is 14.9 Å². The molecule has 23 heavy (non-hydrogen) atoms. The Morgan fingerprint density at radius 3 is 2.70 bits per heavy atom. The van der Waals surface area contributed by atoms with Crippen LogP contribution in [0, 0.1) is 0 Å². The third-order valence-corrected chi connectivity index (χ3v) is 4.29. The summed E-state index contributed by atoms with van der Waals surface area (Å²) in [6, 6.07) is 7.49. The fourth-order valence-electron chi connectivity index (χ4n) is 3.01. The summed E-state index contributed by atoms with van der Waals surface area (Å²) in [7, 11) is 1.56. The first-order valence-electron chi connectivity index (χ1n) is 7.73. The van der Waals surface area contributed by atoms with Crippen LogP contribution in [0.4, 0.5) is 5.69 Å². The smallest absolute Gasteiger partial charge is 0.226 e. The zero-order valence-corrected chi connectivity index (χ0v) is 13.2. The SMILES string of the molecule is COc1ccc(NC(=O)CC2(n3cccc3)CCOCC2)cn1. The Labute approximate surface area is 135 Å². The molecule has 0 bridgehead atoms. The van der Waals surface area contributed by atoms with Crippen LogP contribution in [0.5, 0.6) is 5.88 Å². The Kier molecular flexibility index (Phi) is 4.62. The molecular formula is C17H21N3O3. The molecule has 1 fully saturated rings. The number of aromatic nitrogens is 2. The van der Waals surface area contributed by atoms with Gasteiger partial charge in [-0.3, -0.25) is 4.79 Å². The Morgan fingerprint density at radius 1 is 1.35 bits per heavy atom. The molecule has 1 N–H and O–H groups in total. The highest BCUT2D eigenvalue weighted by atomic mass is 16.5. The lowest BCUT2D eigenvalue weighted by molar-refractivity contribution is -0.119. The zero-order chi connectivity index (χ0) is 16.1. The number of carbonyl (C=O) groups excluding carboxylic acids is 1. The largest absolute Gasteiger partial charge is 0.481 e. The number of hydrogen-bond acceptors (Lipinski definition) is 4. The number of pyridine rings is 1. The molecular weight excluding hydrogens is 294 g/mol. The van der Waals surface area contributed by atoms with E-state index < -0.39 is 0 Å². The molecule has 3 rings (SSSR count). The predicted octanol–water partition coefficient (Wildman–Crippen LogP) is 2.43. The summed E-state index contributed by atoms with van der Waals surface area (Å²) in [5.74, 6) is 0.504. The number of nitrogens with one attached hydrogen (secondary N) is 1. The van der Waals surface area contributed by atoms with Gasteiger partial charge < -0.3 is 19.4 Å². The van der Waals surface area contributed by atoms with Crippen LogP contribution in [0.2, 0.25) is 0 Å². The number of ether oxygens (including phenoxy) is 2. The Bertz CT molecular complexity index is 632. The molecule has 2 aromatic heterocycles. The van der Waals surface area contributed by atoms with Gasteiger partial charge in [0.25, 0.3) is 0 Å². The monoisotopic (exact) mass is 315 g/mol. The molecule has 1 aliphatic rings. The van der Waals surface area contributed by atoms with Gasteiger partial charge in [0.15, 0.2) is 0 Å². The van der Waals surface area contributed by atoms with E-state index in [4.69, 9.17) is 9.47 Å². The fraction of sp³-hybridized carbons (Fsp3) is 0.412. The Hall–Kier alpha value is -2.34. The first-order valence-corrected chi connectivity index (χ1v) is 7.73. The van der Waals surface area contributed by atoms with Gasteiger partial charge in [-0.2, -0.15) is 0 Å². The second kappa shape index (κ2) is 6.83. The third-order valence-electron chi connectivity index (χ3n) is 4.29. The molecule has 0 saturated carbocycles. The van der Waals surface area contributed by atoms with E-state index in [9.17, 15) is 4.79 Å².